The van der Waals surface area contributed by atoms with E-state index >= 15 is 0 Å². The molecule has 2 aromatic rings. The number of hydrogen-bond donors (Lipinski definition) is 1. The maximum atomic E-state index is 11.6. The first kappa shape index (κ1) is 13.6. The largest absolute Gasteiger partial charge is 0.480 e. The minimum absolute atomic E-state index is 0.512. The van der Waals surface area contributed by atoms with E-state index < -0.39 is 12.0 Å². The van der Waals surface area contributed by atoms with Gasteiger partial charge in [0.2, 0.25) is 0 Å². The zero-order valence-electron chi connectivity index (χ0n) is 11.5. The van der Waals surface area contributed by atoms with Crippen LogP contribution in [0.15, 0.2) is 24.3 Å². The number of aromatic nitrogens is 2. The molecule has 0 bridgehead atoms. The Morgan fingerprint density at radius 1 is 1.37 bits per heavy atom. The van der Waals surface area contributed by atoms with E-state index in [9.17, 15) is 9.90 Å². The van der Waals surface area contributed by atoms with Crippen molar-refractivity contribution in [2.24, 2.45) is 0 Å². The van der Waals surface area contributed by atoms with E-state index in [1.54, 1.807) is 0 Å². The summed E-state index contributed by atoms with van der Waals surface area (Å²) in [6.45, 7) is 4.09. The monoisotopic (exact) mass is 260 g/mol. The first-order valence-electron chi connectivity index (χ1n) is 6.87. The Hall–Kier alpha value is -1.84. The third-order valence-electron chi connectivity index (χ3n) is 3.41. The predicted molar refractivity (Wildman–Crippen MR) is 75.3 cm³/mol. The molecule has 0 radical (unpaired) electrons. The number of fused-ring (bicyclic) bond motifs is 1. The van der Waals surface area contributed by atoms with Gasteiger partial charge in [-0.15, -0.1) is 0 Å². The van der Waals surface area contributed by atoms with Crippen LogP contribution in [0.1, 0.15) is 45.0 Å². The smallest absolute Gasteiger partial charge is 0.326 e. The summed E-state index contributed by atoms with van der Waals surface area (Å²) >= 11 is 0. The molecule has 0 aliphatic heterocycles. The lowest BCUT2D eigenvalue weighted by Crippen LogP contribution is -2.21. The number of imidazole rings is 1. The number of rotatable bonds is 6. The molecule has 4 heteroatoms. The van der Waals surface area contributed by atoms with E-state index in [1.807, 2.05) is 35.8 Å². The number of carbonyl (C=O) groups is 1. The van der Waals surface area contributed by atoms with E-state index in [2.05, 4.69) is 11.9 Å². The molecule has 1 atom stereocenters. The van der Waals surface area contributed by atoms with E-state index in [1.165, 1.54) is 0 Å². The molecule has 19 heavy (non-hydrogen) atoms. The molecule has 0 aliphatic carbocycles. The predicted octanol–water partition coefficient (Wildman–Crippen LogP) is 3.41. The van der Waals surface area contributed by atoms with Crippen molar-refractivity contribution < 1.29 is 9.90 Å². The lowest BCUT2D eigenvalue weighted by atomic mass is 10.1. The molecule has 1 heterocycles. The Bertz CT molecular complexity index is 575. The third kappa shape index (κ3) is 2.62. The van der Waals surface area contributed by atoms with Crippen LogP contribution in [0.5, 0.6) is 0 Å². The van der Waals surface area contributed by atoms with Gasteiger partial charge in [0.15, 0.2) is 0 Å². The molecule has 2 rings (SSSR count). The lowest BCUT2D eigenvalue weighted by molar-refractivity contribution is -0.141. The van der Waals surface area contributed by atoms with Crippen molar-refractivity contribution in [1.29, 1.82) is 0 Å². The van der Waals surface area contributed by atoms with E-state index in [0.29, 0.717) is 6.42 Å². The van der Waals surface area contributed by atoms with Gasteiger partial charge >= 0.3 is 5.97 Å². The summed E-state index contributed by atoms with van der Waals surface area (Å²) in [6, 6.07) is 7.23. The molecule has 102 valence electrons. The number of benzene rings is 1. The van der Waals surface area contributed by atoms with Crippen molar-refractivity contribution in [3.63, 3.8) is 0 Å². The number of unbranched alkanes of at least 4 members (excludes halogenated alkanes) is 1. The van der Waals surface area contributed by atoms with Crippen LogP contribution in [0.4, 0.5) is 0 Å². The molecule has 0 spiro atoms. The van der Waals surface area contributed by atoms with Gasteiger partial charge in [-0.25, -0.2) is 9.78 Å². The molecule has 4 nitrogen and oxygen atoms in total. The normalized spacial score (nSPS) is 12.7. The van der Waals surface area contributed by atoms with Crippen molar-refractivity contribution in [1.82, 2.24) is 9.55 Å². The van der Waals surface area contributed by atoms with Crippen molar-refractivity contribution >= 4 is 17.0 Å². The van der Waals surface area contributed by atoms with Gasteiger partial charge in [-0.05, 0) is 18.6 Å². The van der Waals surface area contributed by atoms with Crippen LogP contribution >= 0.6 is 0 Å². The Kier molecular flexibility index (Phi) is 4.20. The summed E-state index contributed by atoms with van der Waals surface area (Å²) in [7, 11) is 0. The van der Waals surface area contributed by atoms with Crippen molar-refractivity contribution in [2.45, 2.75) is 45.6 Å². The van der Waals surface area contributed by atoms with Gasteiger partial charge in [0.05, 0.1) is 11.0 Å². The fraction of sp³-hybridized carbons (Fsp3) is 0.467. The molecular formula is C15H20N2O2. The van der Waals surface area contributed by atoms with E-state index in [-0.39, 0.29) is 0 Å². The van der Waals surface area contributed by atoms with Crippen LogP contribution in [0.25, 0.3) is 11.0 Å². The van der Waals surface area contributed by atoms with Crippen molar-refractivity contribution in [3.8, 4) is 0 Å². The van der Waals surface area contributed by atoms with E-state index in [4.69, 9.17) is 0 Å². The molecule has 0 amide bonds. The van der Waals surface area contributed by atoms with E-state index in [0.717, 1.165) is 36.1 Å². The van der Waals surface area contributed by atoms with Gasteiger partial charge in [0.1, 0.15) is 11.9 Å². The molecule has 1 aromatic heterocycles. The summed E-state index contributed by atoms with van der Waals surface area (Å²) in [5.74, 6) is 0.0796. The topological polar surface area (TPSA) is 55.1 Å². The minimum atomic E-state index is -0.772. The summed E-state index contributed by atoms with van der Waals surface area (Å²) in [5.41, 5.74) is 1.80. The Balaban J connectivity index is 2.53. The highest BCUT2D eigenvalue weighted by molar-refractivity contribution is 5.80. The highest BCUT2D eigenvalue weighted by atomic mass is 16.4. The number of carboxylic acid groups (broad SMARTS) is 1. The summed E-state index contributed by atoms with van der Waals surface area (Å²) in [6.07, 6.45) is 3.30. The van der Waals surface area contributed by atoms with Crippen LogP contribution < -0.4 is 0 Å². The Labute approximate surface area is 113 Å². The first-order chi connectivity index (χ1) is 9.19. The quantitative estimate of drug-likeness (QED) is 0.865. The number of aliphatic carboxylic acids is 1. The maximum absolute atomic E-state index is 11.6. The highest BCUT2D eigenvalue weighted by Crippen LogP contribution is 2.25. The van der Waals surface area contributed by atoms with Crippen LogP contribution in [0, 0.1) is 0 Å². The fourth-order valence-electron chi connectivity index (χ4n) is 2.45. The van der Waals surface area contributed by atoms with Gasteiger partial charge in [-0.2, -0.15) is 0 Å². The standard InChI is InChI=1S/C15H20N2O2/c1-3-5-9-13(15(18)19)17-12-10-7-6-8-11(12)16-14(17)4-2/h6-8,10,13H,3-5,9H2,1-2H3,(H,18,19). The lowest BCUT2D eigenvalue weighted by Gasteiger charge is -2.17. The SMILES string of the molecule is CCCCC(C(=O)O)n1c(CC)nc2ccccc21. The second kappa shape index (κ2) is 5.87. The number of hydrogen-bond acceptors (Lipinski definition) is 2. The fourth-order valence-corrected chi connectivity index (χ4v) is 2.45. The average molecular weight is 260 g/mol. The van der Waals surface area contributed by atoms with Crippen LogP contribution in [-0.4, -0.2) is 20.6 Å². The third-order valence-corrected chi connectivity index (χ3v) is 3.41. The van der Waals surface area contributed by atoms with Crippen LogP contribution in [0.2, 0.25) is 0 Å². The first-order valence-corrected chi connectivity index (χ1v) is 6.87. The molecule has 0 fully saturated rings. The van der Waals surface area contributed by atoms with Crippen LogP contribution in [0.3, 0.4) is 0 Å². The summed E-state index contributed by atoms with van der Waals surface area (Å²) < 4.78 is 1.90. The van der Waals surface area contributed by atoms with Gasteiger partial charge in [-0.3, -0.25) is 0 Å². The number of para-hydroxylation sites is 2. The second-order valence-corrected chi connectivity index (χ2v) is 4.74. The molecule has 1 unspecified atom stereocenters. The number of aryl methyl sites for hydroxylation is 1. The second-order valence-electron chi connectivity index (χ2n) is 4.74. The van der Waals surface area contributed by atoms with Crippen LogP contribution in [-0.2, 0) is 11.2 Å². The van der Waals surface area contributed by atoms with Gasteiger partial charge in [0, 0.05) is 6.42 Å². The Morgan fingerprint density at radius 2 is 2.11 bits per heavy atom. The summed E-state index contributed by atoms with van der Waals surface area (Å²) in [4.78, 5) is 16.1. The molecular weight excluding hydrogens is 240 g/mol. The van der Waals surface area contributed by atoms with Gasteiger partial charge in [-0.1, -0.05) is 38.8 Å². The number of nitrogens with zero attached hydrogens (tertiary/aromatic N) is 2. The zero-order chi connectivity index (χ0) is 13.8. The molecule has 0 aliphatic rings. The van der Waals surface area contributed by atoms with Gasteiger partial charge in [0.25, 0.3) is 0 Å². The highest BCUT2D eigenvalue weighted by Gasteiger charge is 2.23. The van der Waals surface area contributed by atoms with Crippen molar-refractivity contribution in [3.05, 3.63) is 30.1 Å². The maximum Gasteiger partial charge on any atom is 0.326 e. The molecule has 1 N–H and O–H groups in total. The number of carboxylic acids is 1. The zero-order valence-corrected chi connectivity index (χ0v) is 11.5. The van der Waals surface area contributed by atoms with Gasteiger partial charge < -0.3 is 9.67 Å². The average Bonchev–Trinajstić information content (AvgIpc) is 2.78. The van der Waals surface area contributed by atoms with Crippen molar-refractivity contribution in [2.75, 3.05) is 0 Å². The molecule has 0 saturated carbocycles. The molecule has 0 saturated heterocycles. The minimum Gasteiger partial charge on any atom is -0.480 e. The Morgan fingerprint density at radius 3 is 2.74 bits per heavy atom. The molecule has 1 aromatic carbocycles. The summed E-state index contributed by atoms with van der Waals surface area (Å²) in [5, 5.41) is 9.50.